The smallest absolute Gasteiger partial charge is 0.416 e. The molecule has 29 heavy (non-hydrogen) atoms. The van der Waals surface area contributed by atoms with Crippen LogP contribution in [-0.2, 0) is 17.4 Å². The average molecular weight is 400 g/mol. The molecule has 1 aromatic heterocycles. The van der Waals surface area contributed by atoms with Crippen molar-refractivity contribution in [2.45, 2.75) is 25.1 Å². The average Bonchev–Trinajstić information content (AvgIpc) is 3.17. The van der Waals surface area contributed by atoms with Crippen molar-refractivity contribution in [2.24, 2.45) is 0 Å². The second-order valence-electron chi connectivity index (χ2n) is 7.07. The third kappa shape index (κ3) is 4.34. The van der Waals surface area contributed by atoms with E-state index in [0.717, 1.165) is 23.0 Å². The molecule has 0 spiro atoms. The number of pyridine rings is 1. The van der Waals surface area contributed by atoms with Crippen molar-refractivity contribution >= 4 is 16.8 Å². The molecule has 4 nitrogen and oxygen atoms in total. The number of hydrogen-bond acceptors (Lipinski definition) is 3. The lowest BCUT2D eigenvalue weighted by Gasteiger charge is -2.18. The number of amides is 1. The Balaban J connectivity index is 1.40. The van der Waals surface area contributed by atoms with Crippen LogP contribution in [-0.4, -0.2) is 35.0 Å². The van der Waals surface area contributed by atoms with Gasteiger partial charge in [0.1, 0.15) is 17.4 Å². The molecule has 1 amide bonds. The first kappa shape index (κ1) is 19.2. The van der Waals surface area contributed by atoms with Crippen molar-refractivity contribution in [1.29, 1.82) is 0 Å². The van der Waals surface area contributed by atoms with E-state index >= 15 is 0 Å². The van der Waals surface area contributed by atoms with E-state index < -0.39 is 11.7 Å². The molecule has 0 N–H and O–H groups in total. The van der Waals surface area contributed by atoms with Crippen LogP contribution in [0.15, 0.2) is 60.8 Å². The molecule has 1 unspecified atom stereocenters. The molecule has 0 bridgehead atoms. The van der Waals surface area contributed by atoms with E-state index in [9.17, 15) is 18.0 Å². The third-order valence-corrected chi connectivity index (χ3v) is 5.00. The highest BCUT2D eigenvalue weighted by atomic mass is 19.4. The summed E-state index contributed by atoms with van der Waals surface area (Å²) in [5.74, 6) is 0.465. The fourth-order valence-electron chi connectivity index (χ4n) is 3.55. The number of ether oxygens (including phenoxy) is 1. The van der Waals surface area contributed by atoms with Crippen LogP contribution < -0.4 is 4.74 Å². The first-order valence-corrected chi connectivity index (χ1v) is 9.34. The standard InChI is InChI=1S/C22H19F3N2O2/c23-22(24,25)17-7-1-4-15(12-17)13-20(28)27-11-9-18(14-27)29-19-8-2-5-16-6-3-10-26-21(16)19/h1-8,10,12,18H,9,11,13-14H2. The number of hydrogen-bond donors (Lipinski definition) is 0. The SMILES string of the molecule is O=C(Cc1cccc(C(F)(F)F)c1)N1CCC(Oc2cccc3cccnc23)C1. The van der Waals surface area contributed by atoms with Gasteiger partial charge in [-0.05, 0) is 23.8 Å². The van der Waals surface area contributed by atoms with E-state index in [1.54, 1.807) is 17.2 Å². The molecule has 1 saturated heterocycles. The van der Waals surface area contributed by atoms with Crippen LogP contribution in [0.4, 0.5) is 13.2 Å². The van der Waals surface area contributed by atoms with Gasteiger partial charge in [0, 0.05) is 24.5 Å². The molecule has 7 heteroatoms. The predicted molar refractivity (Wildman–Crippen MR) is 103 cm³/mol. The first-order chi connectivity index (χ1) is 13.9. The summed E-state index contributed by atoms with van der Waals surface area (Å²) in [4.78, 5) is 18.6. The minimum Gasteiger partial charge on any atom is -0.486 e. The Morgan fingerprint density at radius 2 is 1.93 bits per heavy atom. The van der Waals surface area contributed by atoms with Gasteiger partial charge in [-0.1, -0.05) is 36.4 Å². The number of carbonyl (C=O) groups excluding carboxylic acids is 1. The minimum absolute atomic E-state index is 0.0630. The summed E-state index contributed by atoms with van der Waals surface area (Å²) in [6.07, 6.45) is -2.29. The Morgan fingerprint density at radius 1 is 1.14 bits per heavy atom. The quantitative estimate of drug-likeness (QED) is 0.649. The van der Waals surface area contributed by atoms with Crippen molar-refractivity contribution in [2.75, 3.05) is 13.1 Å². The Kier molecular flexibility index (Phi) is 5.13. The van der Waals surface area contributed by atoms with E-state index in [4.69, 9.17) is 4.74 Å². The molecular formula is C22H19F3N2O2. The molecule has 150 valence electrons. The zero-order valence-electron chi connectivity index (χ0n) is 15.5. The molecule has 1 aliphatic heterocycles. The molecule has 0 aliphatic carbocycles. The van der Waals surface area contributed by atoms with E-state index in [2.05, 4.69) is 4.98 Å². The van der Waals surface area contributed by atoms with Crippen molar-refractivity contribution in [1.82, 2.24) is 9.88 Å². The maximum Gasteiger partial charge on any atom is 0.416 e. The Morgan fingerprint density at radius 3 is 2.76 bits per heavy atom. The van der Waals surface area contributed by atoms with Crippen LogP contribution in [0.25, 0.3) is 10.9 Å². The highest BCUT2D eigenvalue weighted by Gasteiger charge is 2.31. The van der Waals surface area contributed by atoms with Gasteiger partial charge >= 0.3 is 6.18 Å². The number of alkyl halides is 3. The van der Waals surface area contributed by atoms with E-state index in [0.29, 0.717) is 30.8 Å². The van der Waals surface area contributed by atoms with E-state index in [1.165, 1.54) is 6.07 Å². The summed E-state index contributed by atoms with van der Waals surface area (Å²) in [6, 6.07) is 14.4. The zero-order chi connectivity index (χ0) is 20.4. The maximum atomic E-state index is 12.9. The van der Waals surface area contributed by atoms with Gasteiger partial charge in [0.25, 0.3) is 0 Å². The van der Waals surface area contributed by atoms with Crippen molar-refractivity contribution in [3.8, 4) is 5.75 Å². The number of para-hydroxylation sites is 1. The number of carbonyl (C=O) groups is 1. The van der Waals surface area contributed by atoms with Crippen LogP contribution in [0.3, 0.4) is 0 Å². The highest BCUT2D eigenvalue weighted by molar-refractivity contribution is 5.84. The second-order valence-corrected chi connectivity index (χ2v) is 7.07. The first-order valence-electron chi connectivity index (χ1n) is 9.34. The van der Waals surface area contributed by atoms with Gasteiger partial charge < -0.3 is 9.64 Å². The lowest BCUT2D eigenvalue weighted by molar-refractivity contribution is -0.138. The number of benzene rings is 2. The molecular weight excluding hydrogens is 381 g/mol. The summed E-state index contributed by atoms with van der Waals surface area (Å²) in [7, 11) is 0. The number of nitrogens with zero attached hydrogens (tertiary/aromatic N) is 2. The van der Waals surface area contributed by atoms with E-state index in [-0.39, 0.29) is 18.4 Å². The number of halogens is 3. The normalized spacial score (nSPS) is 16.9. The van der Waals surface area contributed by atoms with Crippen LogP contribution in [0, 0.1) is 0 Å². The van der Waals surface area contributed by atoms with Gasteiger partial charge in [0.15, 0.2) is 0 Å². The largest absolute Gasteiger partial charge is 0.486 e. The van der Waals surface area contributed by atoms with Gasteiger partial charge in [-0.2, -0.15) is 13.2 Å². The van der Waals surface area contributed by atoms with Gasteiger partial charge in [-0.25, -0.2) is 0 Å². The predicted octanol–water partition coefficient (Wildman–Crippen LogP) is 4.48. The summed E-state index contributed by atoms with van der Waals surface area (Å²) < 4.78 is 44.7. The molecule has 4 rings (SSSR count). The minimum atomic E-state index is -4.42. The molecule has 1 fully saturated rings. The van der Waals surface area contributed by atoms with Crippen molar-refractivity contribution in [3.63, 3.8) is 0 Å². The molecule has 0 radical (unpaired) electrons. The Labute approximate surface area is 165 Å². The van der Waals surface area contributed by atoms with Gasteiger partial charge in [-0.3, -0.25) is 9.78 Å². The van der Waals surface area contributed by atoms with Crippen LogP contribution in [0.1, 0.15) is 17.5 Å². The molecule has 1 atom stereocenters. The van der Waals surface area contributed by atoms with Crippen molar-refractivity contribution < 1.29 is 22.7 Å². The Hall–Kier alpha value is -3.09. The summed E-state index contributed by atoms with van der Waals surface area (Å²) in [5, 5.41) is 0.973. The zero-order valence-corrected chi connectivity index (χ0v) is 15.5. The molecule has 2 aromatic carbocycles. The van der Waals surface area contributed by atoms with Gasteiger partial charge in [0.05, 0.1) is 18.5 Å². The summed E-state index contributed by atoms with van der Waals surface area (Å²) in [5.41, 5.74) is 0.380. The lowest BCUT2D eigenvalue weighted by atomic mass is 10.1. The van der Waals surface area contributed by atoms with Gasteiger partial charge in [0.2, 0.25) is 5.91 Å². The van der Waals surface area contributed by atoms with Crippen LogP contribution >= 0.6 is 0 Å². The Bertz CT molecular complexity index is 1030. The maximum absolute atomic E-state index is 12.9. The summed E-state index contributed by atoms with van der Waals surface area (Å²) >= 11 is 0. The number of rotatable bonds is 4. The third-order valence-electron chi connectivity index (χ3n) is 5.00. The van der Waals surface area contributed by atoms with Crippen LogP contribution in [0.2, 0.25) is 0 Å². The summed E-state index contributed by atoms with van der Waals surface area (Å²) in [6.45, 7) is 0.918. The lowest BCUT2D eigenvalue weighted by Crippen LogP contribution is -2.32. The van der Waals surface area contributed by atoms with Crippen molar-refractivity contribution in [3.05, 3.63) is 71.9 Å². The molecule has 3 aromatic rings. The van der Waals surface area contributed by atoms with Crippen LogP contribution in [0.5, 0.6) is 5.75 Å². The molecule has 0 saturated carbocycles. The fraction of sp³-hybridized carbons (Fsp3) is 0.273. The number of fused-ring (bicyclic) bond motifs is 1. The topological polar surface area (TPSA) is 42.4 Å². The molecule has 1 aliphatic rings. The second kappa shape index (κ2) is 7.73. The molecule has 2 heterocycles. The number of aromatic nitrogens is 1. The monoisotopic (exact) mass is 400 g/mol. The van der Waals surface area contributed by atoms with Gasteiger partial charge in [-0.15, -0.1) is 0 Å². The van der Waals surface area contributed by atoms with E-state index in [1.807, 2.05) is 30.3 Å². The fourth-order valence-corrected chi connectivity index (χ4v) is 3.55. The number of likely N-dealkylation sites (tertiary alicyclic amines) is 1. The highest BCUT2D eigenvalue weighted by Crippen LogP contribution is 2.30.